The number of carbonyl (C=O) groups is 3. The normalized spacial score (nSPS) is 13.7. The standard InChI is InChI=1S/C25H27N5O2.C4H4O4/c1-18-2-4-21(5-3-18)17-30-14-11-19(12-15-30)10-13-27-24(31)23-28-25(32-29-23)22-8-6-20(16-26)7-9-22;5-3(6)1-2-4(7)8/h2-9,19H,10-15,17H2,1H3,(H,27,31);1-2H,(H,5,6)(H,7,8)/b;2-1+. The summed E-state index contributed by atoms with van der Waals surface area (Å²) < 4.78 is 5.20. The molecular weight excluding hydrogens is 514 g/mol. The van der Waals surface area contributed by atoms with Crippen molar-refractivity contribution < 1.29 is 29.1 Å². The second-order valence-corrected chi connectivity index (χ2v) is 9.37. The minimum atomic E-state index is -1.26. The highest BCUT2D eigenvalue weighted by Gasteiger charge is 2.20. The van der Waals surface area contributed by atoms with Crippen LogP contribution in [0.15, 0.2) is 65.2 Å². The lowest BCUT2D eigenvalue weighted by atomic mass is 9.93. The van der Waals surface area contributed by atoms with Crippen molar-refractivity contribution in [1.29, 1.82) is 5.26 Å². The number of nitrogens with one attached hydrogen (secondary N) is 1. The van der Waals surface area contributed by atoms with Crippen molar-refractivity contribution in [2.45, 2.75) is 32.7 Å². The van der Waals surface area contributed by atoms with E-state index in [1.165, 1.54) is 11.1 Å². The van der Waals surface area contributed by atoms with Crippen LogP contribution in [0.3, 0.4) is 0 Å². The molecule has 2 aromatic carbocycles. The molecule has 0 aliphatic carbocycles. The van der Waals surface area contributed by atoms with Crippen LogP contribution >= 0.6 is 0 Å². The summed E-state index contributed by atoms with van der Waals surface area (Å²) in [5.74, 6) is -1.94. The highest BCUT2D eigenvalue weighted by Crippen LogP contribution is 2.22. The summed E-state index contributed by atoms with van der Waals surface area (Å²) in [6, 6.07) is 17.6. The molecule has 1 aromatic heterocycles. The lowest BCUT2D eigenvalue weighted by Gasteiger charge is -2.32. The van der Waals surface area contributed by atoms with Gasteiger partial charge in [-0.15, -0.1) is 0 Å². The van der Waals surface area contributed by atoms with Crippen molar-refractivity contribution in [2.75, 3.05) is 19.6 Å². The number of hydrogen-bond donors (Lipinski definition) is 3. The van der Waals surface area contributed by atoms with Gasteiger partial charge in [0.2, 0.25) is 0 Å². The Balaban J connectivity index is 0.000000482. The maximum Gasteiger partial charge on any atom is 0.328 e. The molecule has 0 atom stereocenters. The van der Waals surface area contributed by atoms with Gasteiger partial charge in [-0.3, -0.25) is 9.69 Å². The molecule has 40 heavy (non-hydrogen) atoms. The number of benzene rings is 2. The van der Waals surface area contributed by atoms with Crippen molar-refractivity contribution in [3.63, 3.8) is 0 Å². The number of carboxylic acids is 2. The van der Waals surface area contributed by atoms with Crippen LogP contribution in [0, 0.1) is 24.2 Å². The topological polar surface area (TPSA) is 170 Å². The van der Waals surface area contributed by atoms with Gasteiger partial charge >= 0.3 is 11.9 Å². The average Bonchev–Trinajstić information content (AvgIpc) is 3.45. The van der Waals surface area contributed by atoms with E-state index < -0.39 is 11.9 Å². The largest absolute Gasteiger partial charge is 0.478 e. The van der Waals surface area contributed by atoms with Gasteiger partial charge in [0.15, 0.2) is 0 Å². The number of nitriles is 1. The van der Waals surface area contributed by atoms with Crippen LogP contribution in [0.4, 0.5) is 0 Å². The molecule has 0 saturated carbocycles. The molecule has 0 bridgehead atoms. The van der Waals surface area contributed by atoms with Gasteiger partial charge in [-0.2, -0.15) is 10.2 Å². The van der Waals surface area contributed by atoms with E-state index in [-0.39, 0.29) is 17.6 Å². The van der Waals surface area contributed by atoms with E-state index in [1.54, 1.807) is 24.3 Å². The summed E-state index contributed by atoms with van der Waals surface area (Å²) in [7, 11) is 0. The molecule has 208 valence electrons. The summed E-state index contributed by atoms with van der Waals surface area (Å²) in [6.07, 6.45) is 4.36. The molecular formula is C29H31N5O6. The summed E-state index contributed by atoms with van der Waals surface area (Å²) >= 11 is 0. The van der Waals surface area contributed by atoms with Crippen molar-refractivity contribution in [3.8, 4) is 17.5 Å². The highest BCUT2D eigenvalue weighted by molar-refractivity contribution is 5.90. The fourth-order valence-electron chi connectivity index (χ4n) is 4.12. The molecule has 1 fully saturated rings. The molecule has 3 aromatic rings. The molecule has 1 aliphatic heterocycles. The lowest BCUT2D eigenvalue weighted by Crippen LogP contribution is -2.35. The minimum absolute atomic E-state index is 0.0253. The van der Waals surface area contributed by atoms with Gasteiger partial charge in [-0.05, 0) is 75.0 Å². The van der Waals surface area contributed by atoms with Crippen LogP contribution < -0.4 is 5.32 Å². The quantitative estimate of drug-likeness (QED) is 0.337. The Bertz CT molecular complexity index is 1330. The predicted molar refractivity (Wildman–Crippen MR) is 145 cm³/mol. The first-order valence-corrected chi connectivity index (χ1v) is 12.8. The summed E-state index contributed by atoms with van der Waals surface area (Å²) in [5.41, 5.74) is 3.88. The molecule has 3 N–H and O–H groups in total. The summed E-state index contributed by atoms with van der Waals surface area (Å²) in [4.78, 5) is 38.2. The number of amides is 1. The Labute approximate surface area is 231 Å². The first-order valence-electron chi connectivity index (χ1n) is 12.8. The number of piperidine rings is 1. The highest BCUT2D eigenvalue weighted by atomic mass is 16.5. The third-order valence-electron chi connectivity index (χ3n) is 6.33. The van der Waals surface area contributed by atoms with E-state index in [4.69, 9.17) is 20.0 Å². The number of likely N-dealkylation sites (tertiary alicyclic amines) is 1. The van der Waals surface area contributed by atoms with Gasteiger partial charge in [0, 0.05) is 30.8 Å². The molecule has 0 unspecified atom stereocenters. The first kappa shape index (κ1) is 29.7. The number of aromatic nitrogens is 2. The summed E-state index contributed by atoms with van der Waals surface area (Å²) in [5, 5.41) is 31.2. The summed E-state index contributed by atoms with van der Waals surface area (Å²) in [6.45, 7) is 5.89. The monoisotopic (exact) mass is 545 g/mol. The van der Waals surface area contributed by atoms with Crippen LogP contribution in [-0.2, 0) is 16.1 Å². The number of aryl methyl sites for hydroxylation is 1. The van der Waals surface area contributed by atoms with Gasteiger partial charge in [-0.25, -0.2) is 9.59 Å². The van der Waals surface area contributed by atoms with Crippen LogP contribution in [0.1, 0.15) is 46.6 Å². The number of rotatable bonds is 9. The molecule has 1 saturated heterocycles. The number of carbonyl (C=O) groups excluding carboxylic acids is 1. The Kier molecular flexibility index (Phi) is 11.1. The predicted octanol–water partition coefficient (Wildman–Crippen LogP) is 3.66. The minimum Gasteiger partial charge on any atom is -0.478 e. The zero-order valence-electron chi connectivity index (χ0n) is 22.1. The second kappa shape index (κ2) is 14.9. The second-order valence-electron chi connectivity index (χ2n) is 9.37. The first-order chi connectivity index (χ1) is 19.2. The van der Waals surface area contributed by atoms with E-state index in [0.717, 1.165) is 38.9 Å². The van der Waals surface area contributed by atoms with Crippen molar-refractivity contribution >= 4 is 17.8 Å². The van der Waals surface area contributed by atoms with Crippen LogP contribution in [0.25, 0.3) is 11.5 Å². The van der Waals surface area contributed by atoms with Gasteiger partial charge in [0.1, 0.15) is 0 Å². The number of hydrogen-bond acceptors (Lipinski definition) is 8. The fourth-order valence-corrected chi connectivity index (χ4v) is 4.12. The van der Waals surface area contributed by atoms with Crippen molar-refractivity contribution in [1.82, 2.24) is 20.4 Å². The maximum absolute atomic E-state index is 12.4. The molecule has 1 amide bonds. The fraction of sp³-hybridized carbons (Fsp3) is 0.310. The van der Waals surface area contributed by atoms with E-state index in [2.05, 4.69) is 57.6 Å². The van der Waals surface area contributed by atoms with Gasteiger partial charge in [0.05, 0.1) is 11.6 Å². The Hall–Kier alpha value is -4.82. The molecule has 1 aliphatic rings. The molecule has 11 nitrogen and oxygen atoms in total. The molecule has 2 heterocycles. The third-order valence-corrected chi connectivity index (χ3v) is 6.33. The Morgan fingerprint density at radius 3 is 2.25 bits per heavy atom. The van der Waals surface area contributed by atoms with Crippen LogP contribution in [0.5, 0.6) is 0 Å². The van der Waals surface area contributed by atoms with Crippen LogP contribution in [-0.4, -0.2) is 62.7 Å². The van der Waals surface area contributed by atoms with Gasteiger partial charge < -0.3 is 20.1 Å². The SMILES string of the molecule is Cc1ccc(CN2CCC(CCNC(=O)c3noc(-c4ccc(C#N)cc4)n3)CC2)cc1.O=C(O)/C=C/C(=O)O. The van der Waals surface area contributed by atoms with Gasteiger partial charge in [0.25, 0.3) is 17.6 Å². The zero-order valence-corrected chi connectivity index (χ0v) is 22.1. The van der Waals surface area contributed by atoms with Gasteiger partial charge in [-0.1, -0.05) is 35.0 Å². The lowest BCUT2D eigenvalue weighted by molar-refractivity contribution is -0.134. The number of aliphatic carboxylic acids is 2. The Morgan fingerprint density at radius 2 is 1.68 bits per heavy atom. The maximum atomic E-state index is 12.4. The van der Waals surface area contributed by atoms with E-state index in [0.29, 0.717) is 35.7 Å². The molecule has 0 spiro atoms. The molecule has 0 radical (unpaired) electrons. The molecule has 11 heteroatoms. The van der Waals surface area contributed by atoms with E-state index >= 15 is 0 Å². The van der Waals surface area contributed by atoms with Crippen LogP contribution in [0.2, 0.25) is 0 Å². The Morgan fingerprint density at radius 1 is 1.05 bits per heavy atom. The van der Waals surface area contributed by atoms with Crippen molar-refractivity contribution in [3.05, 3.63) is 83.2 Å². The zero-order chi connectivity index (χ0) is 28.9. The van der Waals surface area contributed by atoms with E-state index in [9.17, 15) is 14.4 Å². The molecule has 4 rings (SSSR count). The number of carboxylic acid groups (broad SMARTS) is 2. The van der Waals surface area contributed by atoms with E-state index in [1.807, 2.05) is 0 Å². The average molecular weight is 546 g/mol. The number of nitrogens with zero attached hydrogens (tertiary/aromatic N) is 4. The van der Waals surface area contributed by atoms with Crippen molar-refractivity contribution in [2.24, 2.45) is 5.92 Å². The third kappa shape index (κ3) is 9.81. The smallest absolute Gasteiger partial charge is 0.328 e.